The average Bonchev–Trinajstić information content (AvgIpc) is 2.59. The van der Waals surface area contributed by atoms with Crippen LogP contribution in [0.15, 0.2) is 47.5 Å². The van der Waals surface area contributed by atoms with Crippen molar-refractivity contribution in [1.29, 1.82) is 0 Å². The highest BCUT2D eigenvalue weighted by Crippen LogP contribution is 2.27. The Hall–Kier alpha value is -2.40. The van der Waals surface area contributed by atoms with Crippen LogP contribution in [-0.2, 0) is 6.54 Å². The molecule has 2 aromatic rings. The van der Waals surface area contributed by atoms with Gasteiger partial charge < -0.3 is 20.5 Å². The maximum absolute atomic E-state index is 6.09. The van der Waals surface area contributed by atoms with E-state index in [0.717, 1.165) is 17.0 Å². The molecule has 0 radical (unpaired) electrons. The van der Waals surface area contributed by atoms with Crippen molar-refractivity contribution in [3.8, 4) is 11.5 Å². The van der Waals surface area contributed by atoms with Gasteiger partial charge in [-0.25, -0.2) is 4.99 Å². The normalized spacial score (nSPS) is 11.5. The van der Waals surface area contributed by atoms with E-state index in [1.165, 1.54) is 0 Å². The highest BCUT2D eigenvalue weighted by atomic mass is 35.5. The number of hydrogen-bond donors (Lipinski definition) is 2. The summed E-state index contributed by atoms with van der Waals surface area (Å²) < 4.78 is 10.8. The first-order valence-electron chi connectivity index (χ1n) is 8.10. The van der Waals surface area contributed by atoms with Gasteiger partial charge in [-0.1, -0.05) is 37.6 Å². The lowest BCUT2D eigenvalue weighted by atomic mass is 10.2. The van der Waals surface area contributed by atoms with E-state index in [2.05, 4.69) is 24.2 Å². The third-order valence-corrected chi connectivity index (χ3v) is 3.66. The molecule has 0 heterocycles. The first-order chi connectivity index (χ1) is 12.0. The molecule has 2 aromatic carbocycles. The molecule has 0 aromatic heterocycles. The molecule has 0 spiro atoms. The molecule has 2 rings (SSSR count). The van der Waals surface area contributed by atoms with Crippen LogP contribution in [0.2, 0.25) is 5.02 Å². The third kappa shape index (κ3) is 6.19. The fourth-order valence-corrected chi connectivity index (χ4v) is 2.32. The highest BCUT2D eigenvalue weighted by molar-refractivity contribution is 6.32. The summed E-state index contributed by atoms with van der Waals surface area (Å²) in [6, 6.07) is 13.2. The van der Waals surface area contributed by atoms with Crippen molar-refractivity contribution in [3.05, 3.63) is 53.1 Å². The summed E-state index contributed by atoms with van der Waals surface area (Å²) in [6.45, 7) is 5.43. The van der Waals surface area contributed by atoms with Crippen LogP contribution >= 0.6 is 11.6 Å². The second kappa shape index (κ2) is 9.18. The maximum Gasteiger partial charge on any atom is 0.193 e. The molecule has 0 bridgehead atoms. The quantitative estimate of drug-likeness (QED) is 0.569. The summed E-state index contributed by atoms with van der Waals surface area (Å²) in [4.78, 5) is 4.33. The number of hydrogen-bond acceptors (Lipinski definition) is 3. The second-order valence-electron chi connectivity index (χ2n) is 6.02. The van der Waals surface area contributed by atoms with Crippen molar-refractivity contribution in [1.82, 2.24) is 0 Å². The highest BCUT2D eigenvalue weighted by Gasteiger charge is 2.03. The van der Waals surface area contributed by atoms with Crippen molar-refractivity contribution in [2.24, 2.45) is 16.6 Å². The number of guanidine groups is 1. The lowest BCUT2D eigenvalue weighted by Gasteiger charge is -2.09. The minimum Gasteiger partial charge on any atom is -0.495 e. The number of rotatable bonds is 7. The molecule has 25 heavy (non-hydrogen) atoms. The predicted molar refractivity (Wildman–Crippen MR) is 104 cm³/mol. The zero-order valence-electron chi connectivity index (χ0n) is 14.8. The van der Waals surface area contributed by atoms with Crippen molar-refractivity contribution >= 4 is 23.2 Å². The van der Waals surface area contributed by atoms with Crippen LogP contribution in [-0.4, -0.2) is 19.7 Å². The van der Waals surface area contributed by atoms with Gasteiger partial charge in [0.1, 0.15) is 11.5 Å². The number of halogens is 1. The molecule has 0 aliphatic carbocycles. The Kier molecular flexibility index (Phi) is 6.95. The molecule has 5 nitrogen and oxygen atoms in total. The monoisotopic (exact) mass is 361 g/mol. The Morgan fingerprint density at radius 1 is 1.20 bits per heavy atom. The Bertz CT molecular complexity index is 715. The number of benzene rings is 2. The lowest BCUT2D eigenvalue weighted by molar-refractivity contribution is 0.271. The summed E-state index contributed by atoms with van der Waals surface area (Å²) in [5.74, 6) is 2.30. The maximum atomic E-state index is 6.09. The second-order valence-corrected chi connectivity index (χ2v) is 6.43. The van der Waals surface area contributed by atoms with E-state index in [1.54, 1.807) is 19.2 Å². The van der Waals surface area contributed by atoms with Gasteiger partial charge in [-0.15, -0.1) is 0 Å². The largest absolute Gasteiger partial charge is 0.495 e. The molecule has 0 saturated heterocycles. The van der Waals surface area contributed by atoms with Gasteiger partial charge in [0, 0.05) is 5.69 Å². The van der Waals surface area contributed by atoms with Crippen LogP contribution in [0.1, 0.15) is 19.4 Å². The first-order valence-corrected chi connectivity index (χ1v) is 8.48. The Labute approximate surface area is 153 Å². The fourth-order valence-electron chi connectivity index (χ4n) is 2.06. The van der Waals surface area contributed by atoms with Crippen LogP contribution < -0.4 is 20.5 Å². The molecule has 0 fully saturated rings. The van der Waals surface area contributed by atoms with Gasteiger partial charge in [0.25, 0.3) is 0 Å². The van der Waals surface area contributed by atoms with E-state index in [-0.39, 0.29) is 0 Å². The SMILES string of the molecule is COc1ccc(NC(N)=NCc2ccc(OCC(C)C)cc2)cc1Cl. The molecule has 0 amide bonds. The average molecular weight is 362 g/mol. The van der Waals surface area contributed by atoms with Crippen molar-refractivity contribution in [2.45, 2.75) is 20.4 Å². The smallest absolute Gasteiger partial charge is 0.193 e. The van der Waals surface area contributed by atoms with E-state index in [9.17, 15) is 0 Å². The Morgan fingerprint density at radius 2 is 1.92 bits per heavy atom. The summed E-state index contributed by atoms with van der Waals surface area (Å²) >= 11 is 6.09. The molecule has 134 valence electrons. The summed E-state index contributed by atoms with van der Waals surface area (Å²) in [5.41, 5.74) is 7.73. The molecule has 0 unspecified atom stereocenters. The van der Waals surface area contributed by atoms with Crippen LogP contribution in [0.25, 0.3) is 0 Å². The van der Waals surface area contributed by atoms with Crippen LogP contribution in [0, 0.1) is 5.92 Å². The summed E-state index contributed by atoms with van der Waals surface area (Å²) in [7, 11) is 1.57. The van der Waals surface area contributed by atoms with Gasteiger partial charge in [-0.05, 0) is 41.8 Å². The zero-order chi connectivity index (χ0) is 18.2. The van der Waals surface area contributed by atoms with Crippen LogP contribution in [0.4, 0.5) is 5.69 Å². The zero-order valence-corrected chi connectivity index (χ0v) is 15.5. The van der Waals surface area contributed by atoms with E-state index < -0.39 is 0 Å². The minimum absolute atomic E-state index is 0.321. The third-order valence-electron chi connectivity index (χ3n) is 3.36. The number of aliphatic imine (C=N–C) groups is 1. The summed E-state index contributed by atoms with van der Waals surface area (Å²) in [6.07, 6.45) is 0. The Morgan fingerprint density at radius 3 is 2.52 bits per heavy atom. The Balaban J connectivity index is 1.91. The van der Waals surface area contributed by atoms with Gasteiger partial charge in [0.2, 0.25) is 0 Å². The first kappa shape index (κ1) is 18.9. The van der Waals surface area contributed by atoms with Gasteiger partial charge in [-0.2, -0.15) is 0 Å². The number of nitrogens with one attached hydrogen (secondary N) is 1. The van der Waals surface area contributed by atoms with E-state index in [4.69, 9.17) is 26.8 Å². The molecule has 0 aliphatic rings. The predicted octanol–water partition coefficient (Wildman–Crippen LogP) is 4.31. The molecule has 6 heteroatoms. The standard InChI is InChI=1S/C19H24ClN3O2/c1-13(2)12-25-16-7-4-14(5-8-16)11-22-19(21)23-15-6-9-18(24-3)17(20)10-15/h4-10,13H,11-12H2,1-3H3,(H3,21,22,23). The number of ether oxygens (including phenoxy) is 2. The van der Waals surface area contributed by atoms with Gasteiger partial charge in [0.05, 0.1) is 25.3 Å². The van der Waals surface area contributed by atoms with E-state index in [0.29, 0.717) is 35.8 Å². The van der Waals surface area contributed by atoms with Gasteiger partial charge >= 0.3 is 0 Å². The lowest BCUT2D eigenvalue weighted by Crippen LogP contribution is -2.22. The molecular weight excluding hydrogens is 338 g/mol. The minimum atomic E-state index is 0.321. The van der Waals surface area contributed by atoms with Crippen molar-refractivity contribution < 1.29 is 9.47 Å². The number of nitrogens with two attached hydrogens (primary N) is 1. The number of nitrogens with zero attached hydrogens (tertiary/aromatic N) is 1. The van der Waals surface area contributed by atoms with Crippen LogP contribution in [0.3, 0.4) is 0 Å². The van der Waals surface area contributed by atoms with E-state index in [1.807, 2.05) is 30.3 Å². The molecule has 0 saturated carbocycles. The summed E-state index contributed by atoms with van der Waals surface area (Å²) in [5, 5.41) is 3.52. The molecule has 3 N–H and O–H groups in total. The van der Waals surface area contributed by atoms with Crippen molar-refractivity contribution in [2.75, 3.05) is 19.0 Å². The van der Waals surface area contributed by atoms with Crippen LogP contribution in [0.5, 0.6) is 11.5 Å². The molecule has 0 aliphatic heterocycles. The number of anilines is 1. The number of methoxy groups -OCH3 is 1. The topological polar surface area (TPSA) is 68.9 Å². The molecular formula is C19H24ClN3O2. The van der Waals surface area contributed by atoms with E-state index >= 15 is 0 Å². The fraction of sp³-hybridized carbons (Fsp3) is 0.316. The van der Waals surface area contributed by atoms with Gasteiger partial charge in [0.15, 0.2) is 5.96 Å². The van der Waals surface area contributed by atoms with Gasteiger partial charge in [-0.3, -0.25) is 0 Å². The molecule has 0 atom stereocenters. The van der Waals surface area contributed by atoms with Crippen molar-refractivity contribution in [3.63, 3.8) is 0 Å².